The Bertz CT molecular complexity index is 1730. The van der Waals surface area contributed by atoms with Gasteiger partial charge in [-0.3, -0.25) is 19.4 Å². The fraction of sp³-hybridized carbons (Fsp3) is 0.381. The van der Waals surface area contributed by atoms with Gasteiger partial charge in [0.25, 0.3) is 11.8 Å². The molecule has 0 aliphatic carbocycles. The van der Waals surface area contributed by atoms with Gasteiger partial charge in [0, 0.05) is 76.6 Å². The summed E-state index contributed by atoms with van der Waals surface area (Å²) in [6, 6.07) is 28.3. The predicted octanol–water partition coefficient (Wildman–Crippen LogP) is 7.57. The fourth-order valence-electron chi connectivity index (χ4n) is 7.15. The molecule has 4 aromatic carbocycles. The van der Waals surface area contributed by atoms with Crippen molar-refractivity contribution in [1.82, 2.24) is 20.4 Å². The van der Waals surface area contributed by atoms with E-state index in [0.717, 1.165) is 50.4 Å². The smallest absolute Gasteiger partial charge is 0.255 e. The second kappa shape index (κ2) is 19.2. The molecule has 288 valence electrons. The van der Waals surface area contributed by atoms with E-state index in [1.54, 1.807) is 52.6 Å². The van der Waals surface area contributed by atoms with Crippen LogP contribution < -0.4 is 30.7 Å². The maximum Gasteiger partial charge on any atom is 0.255 e. The molecule has 0 saturated carbocycles. The molecular formula is C42H52Cl2N6O4. The molecule has 2 aliphatic rings. The number of hydrogen-bond acceptors (Lipinski definition) is 8. The number of carbonyl (C=O) groups excluding carboxylic acids is 2. The molecule has 2 heterocycles. The monoisotopic (exact) mass is 774 g/mol. The zero-order valence-electron chi connectivity index (χ0n) is 31.9. The van der Waals surface area contributed by atoms with E-state index in [1.165, 1.54) is 11.1 Å². The third-order valence-electron chi connectivity index (χ3n) is 10.5. The van der Waals surface area contributed by atoms with Gasteiger partial charge in [0.1, 0.15) is 11.5 Å². The molecule has 2 fully saturated rings. The summed E-state index contributed by atoms with van der Waals surface area (Å²) in [5.41, 5.74) is 4.94. The lowest BCUT2D eigenvalue weighted by Gasteiger charge is -2.25. The Morgan fingerprint density at radius 1 is 0.648 bits per heavy atom. The van der Waals surface area contributed by atoms with Crippen LogP contribution in [0.1, 0.15) is 58.5 Å². The minimum Gasteiger partial charge on any atom is -0.496 e. The topological polar surface area (TPSA) is 107 Å². The van der Waals surface area contributed by atoms with Crippen LogP contribution >= 0.6 is 23.2 Å². The lowest BCUT2D eigenvalue weighted by atomic mass is 10.1. The number of anilines is 2. The summed E-state index contributed by atoms with van der Waals surface area (Å²) < 4.78 is 10.8. The average molecular weight is 776 g/mol. The minimum absolute atomic E-state index is 0.0914. The number of hydrogen-bond donors (Lipinski definition) is 4. The van der Waals surface area contributed by atoms with Gasteiger partial charge < -0.3 is 30.7 Å². The first kappa shape index (κ1) is 40.7. The molecule has 0 radical (unpaired) electrons. The first-order valence-electron chi connectivity index (χ1n) is 18.3. The van der Waals surface area contributed by atoms with Gasteiger partial charge in [-0.15, -0.1) is 0 Å². The van der Waals surface area contributed by atoms with Crippen molar-refractivity contribution >= 4 is 46.4 Å². The minimum atomic E-state index is -0.158. The van der Waals surface area contributed by atoms with E-state index in [9.17, 15) is 9.59 Å². The van der Waals surface area contributed by atoms with Crippen LogP contribution in [0.4, 0.5) is 11.4 Å². The quantitative estimate of drug-likeness (QED) is 0.117. The Kier molecular flexibility index (Phi) is 14.5. The number of benzene rings is 4. The van der Waals surface area contributed by atoms with Crippen molar-refractivity contribution in [3.63, 3.8) is 0 Å². The van der Waals surface area contributed by atoms with Gasteiger partial charge in [-0.2, -0.15) is 0 Å². The van der Waals surface area contributed by atoms with E-state index in [4.69, 9.17) is 32.7 Å². The van der Waals surface area contributed by atoms with Crippen LogP contribution in [0.3, 0.4) is 0 Å². The van der Waals surface area contributed by atoms with E-state index < -0.39 is 0 Å². The molecule has 4 N–H and O–H groups in total. The van der Waals surface area contributed by atoms with Crippen LogP contribution in [-0.2, 0) is 13.1 Å². The van der Waals surface area contributed by atoms with Crippen LogP contribution in [0.5, 0.6) is 11.5 Å². The Hall–Kier alpha value is -4.48. The van der Waals surface area contributed by atoms with Gasteiger partial charge in [0.15, 0.2) is 0 Å². The number of nitrogens with zero attached hydrogens (tertiary/aromatic N) is 2. The highest BCUT2D eigenvalue weighted by Crippen LogP contribution is 2.33. The normalized spacial score (nSPS) is 19.7. The molecule has 4 aromatic rings. The van der Waals surface area contributed by atoms with Gasteiger partial charge in [0.05, 0.1) is 46.8 Å². The van der Waals surface area contributed by atoms with Gasteiger partial charge in [-0.1, -0.05) is 83.9 Å². The first-order chi connectivity index (χ1) is 26.1. The van der Waals surface area contributed by atoms with E-state index in [2.05, 4.69) is 93.4 Å². The summed E-state index contributed by atoms with van der Waals surface area (Å²) in [6.07, 6.45) is 1.84. The van der Waals surface area contributed by atoms with Gasteiger partial charge >= 0.3 is 0 Å². The largest absolute Gasteiger partial charge is 0.496 e. The molecular weight excluding hydrogens is 723 g/mol. The maximum absolute atomic E-state index is 12.9. The van der Waals surface area contributed by atoms with Crippen LogP contribution in [0.25, 0.3) is 0 Å². The zero-order chi connectivity index (χ0) is 38.8. The number of carbonyl (C=O) groups is 2. The van der Waals surface area contributed by atoms with E-state index >= 15 is 0 Å². The Morgan fingerprint density at radius 2 is 1.02 bits per heavy atom. The molecule has 2 aliphatic heterocycles. The van der Waals surface area contributed by atoms with Crippen molar-refractivity contribution in [3.05, 3.63) is 117 Å². The van der Waals surface area contributed by atoms with Gasteiger partial charge in [0.2, 0.25) is 0 Å². The molecule has 54 heavy (non-hydrogen) atoms. The summed E-state index contributed by atoms with van der Waals surface area (Å²) in [6.45, 7) is 8.01. The number of methoxy groups -OCH3 is 2. The molecule has 0 unspecified atom stereocenters. The fourth-order valence-corrected chi connectivity index (χ4v) is 7.67. The van der Waals surface area contributed by atoms with Gasteiger partial charge in [-0.25, -0.2) is 0 Å². The van der Waals surface area contributed by atoms with E-state index in [-0.39, 0.29) is 36.0 Å². The van der Waals surface area contributed by atoms with Crippen molar-refractivity contribution in [2.24, 2.45) is 0 Å². The zero-order valence-corrected chi connectivity index (χ0v) is 33.4. The number of halogens is 2. The van der Waals surface area contributed by atoms with Crippen LogP contribution in [0, 0.1) is 0 Å². The molecule has 0 aromatic heterocycles. The number of nitrogens with one attached hydrogen (secondary N) is 4. The van der Waals surface area contributed by atoms with Crippen LogP contribution in [-0.4, -0.2) is 87.2 Å². The highest BCUT2D eigenvalue weighted by Gasteiger charge is 2.34. The molecule has 2 saturated heterocycles. The molecule has 2 amide bonds. The number of ether oxygens (including phenoxy) is 2. The number of rotatable bonds is 12. The summed E-state index contributed by atoms with van der Waals surface area (Å²) >= 11 is 12.5. The van der Waals surface area contributed by atoms with Crippen molar-refractivity contribution in [2.45, 2.75) is 63.9 Å². The van der Waals surface area contributed by atoms with Crippen molar-refractivity contribution < 1.29 is 19.1 Å². The van der Waals surface area contributed by atoms with Crippen LogP contribution in [0.15, 0.2) is 84.9 Å². The van der Waals surface area contributed by atoms with Crippen molar-refractivity contribution in [3.8, 4) is 11.5 Å². The predicted molar refractivity (Wildman–Crippen MR) is 219 cm³/mol. The maximum atomic E-state index is 12.9. The molecule has 10 nitrogen and oxygen atoms in total. The van der Waals surface area contributed by atoms with Crippen LogP contribution in [0.2, 0.25) is 10.0 Å². The summed E-state index contributed by atoms with van der Waals surface area (Å²) in [7, 11) is 6.67. The van der Waals surface area contributed by atoms with E-state index in [1.807, 2.05) is 12.1 Å². The van der Waals surface area contributed by atoms with Crippen molar-refractivity contribution in [1.29, 1.82) is 0 Å². The molecule has 6 rings (SSSR count). The highest BCUT2D eigenvalue weighted by atomic mass is 35.5. The standard InChI is InChI=1S/2C21H26ClN3O2/c2*1-14-18(9-10-25(14)13-15-7-5-4-6-8-15)24-21(26)16-11-17(22)19(23-2)12-20(16)27-3/h2*4-8,11-12,14,18,23H,9-10,13H2,1-3H3,(H,24,26)/t2*14-,18-/m10/s1. The second-order valence-corrected chi connectivity index (χ2v) is 14.5. The van der Waals surface area contributed by atoms with E-state index in [0.29, 0.717) is 32.7 Å². The third kappa shape index (κ3) is 9.98. The molecule has 0 bridgehead atoms. The SMILES string of the molecule is CNc1cc(OC)c(C(=O)N[C@@H]2CCN(Cc3ccccc3)[C@@H]2C)cc1Cl.CNc1cc(OC)c(C(=O)N[C@H]2CCN(Cc3ccccc3)[C@H]2C)cc1Cl. The lowest BCUT2D eigenvalue weighted by molar-refractivity contribution is 0.0915. The number of likely N-dealkylation sites (tertiary alicyclic amines) is 2. The summed E-state index contributed by atoms with van der Waals surface area (Å²) in [4.78, 5) is 30.5. The first-order valence-corrected chi connectivity index (χ1v) is 19.1. The van der Waals surface area contributed by atoms with Crippen molar-refractivity contribution in [2.75, 3.05) is 52.0 Å². The summed E-state index contributed by atoms with van der Waals surface area (Å²) in [5.74, 6) is 0.700. The lowest BCUT2D eigenvalue weighted by Crippen LogP contribution is -2.43. The highest BCUT2D eigenvalue weighted by molar-refractivity contribution is 6.34. The molecule has 4 atom stereocenters. The Balaban J connectivity index is 0.000000208. The third-order valence-corrected chi connectivity index (χ3v) is 11.1. The summed E-state index contributed by atoms with van der Waals surface area (Å²) in [5, 5.41) is 13.3. The average Bonchev–Trinajstić information content (AvgIpc) is 3.71. The number of amides is 2. The molecule has 0 spiro atoms. The Labute approximate surface area is 329 Å². The van der Waals surface area contributed by atoms with Gasteiger partial charge in [-0.05, 0) is 49.9 Å². The second-order valence-electron chi connectivity index (χ2n) is 13.7. The molecule has 12 heteroatoms. The Morgan fingerprint density at radius 3 is 1.35 bits per heavy atom.